The Morgan fingerprint density at radius 2 is 2.14 bits per heavy atom. The van der Waals surface area contributed by atoms with Crippen LogP contribution in [0.3, 0.4) is 0 Å². The zero-order valence-electron chi connectivity index (χ0n) is 11.1. The average Bonchev–Trinajstić information content (AvgIpc) is 2.43. The predicted molar refractivity (Wildman–Crippen MR) is 68.4 cm³/mol. The van der Waals surface area contributed by atoms with E-state index in [1.54, 1.807) is 0 Å². The molecule has 0 aromatic carbocycles. The molecule has 1 unspecified atom stereocenters. The number of amides is 1. The summed E-state index contributed by atoms with van der Waals surface area (Å²) < 4.78 is 5.73. The number of carbonyl (C=O) groups excluding carboxylic acids is 1. The lowest BCUT2D eigenvalue weighted by Crippen LogP contribution is -2.46. The van der Waals surface area contributed by atoms with Crippen LogP contribution in [0, 0.1) is 0 Å². The number of aromatic hydroxyl groups is 1. The number of aliphatic hydroxyl groups is 1. The zero-order chi connectivity index (χ0) is 15.7. The summed E-state index contributed by atoms with van der Waals surface area (Å²) in [6, 6.07) is 0. The van der Waals surface area contributed by atoms with Gasteiger partial charge in [0.25, 0.3) is 5.91 Å². The van der Waals surface area contributed by atoms with Crippen molar-refractivity contribution in [3.8, 4) is 5.75 Å². The molecule has 1 aromatic heterocycles. The van der Waals surface area contributed by atoms with E-state index < -0.39 is 40.5 Å². The molecule has 9 nitrogen and oxygen atoms in total. The molecule has 0 fully saturated rings. The molecule has 2 heterocycles. The lowest BCUT2D eigenvalue weighted by atomic mass is 10.1. The first-order chi connectivity index (χ1) is 9.88. The van der Waals surface area contributed by atoms with Crippen molar-refractivity contribution in [2.24, 2.45) is 0 Å². The lowest BCUT2D eigenvalue weighted by Gasteiger charge is -2.33. The van der Waals surface area contributed by atoms with Gasteiger partial charge < -0.3 is 29.5 Å². The van der Waals surface area contributed by atoms with Crippen molar-refractivity contribution in [2.75, 3.05) is 26.8 Å². The van der Waals surface area contributed by atoms with Gasteiger partial charge in [0.05, 0.1) is 13.2 Å². The molecule has 21 heavy (non-hydrogen) atoms. The van der Waals surface area contributed by atoms with Gasteiger partial charge in [0.1, 0.15) is 11.8 Å². The van der Waals surface area contributed by atoms with E-state index in [1.807, 2.05) is 0 Å². The standard InChI is InChI=1S/C12H14N2O7/c1-21-3-2-13-5-7(15)14-4-6(12(19)20)9(16)10(17)8(14)11(13)18/h4,7,15,17H,2-3,5H2,1H3,(H,19,20). The van der Waals surface area contributed by atoms with Gasteiger partial charge in [-0.3, -0.25) is 9.59 Å². The molecule has 0 bridgehead atoms. The zero-order valence-corrected chi connectivity index (χ0v) is 11.1. The molecule has 0 radical (unpaired) electrons. The molecule has 2 rings (SSSR count). The molecule has 114 valence electrons. The number of aliphatic hydroxyl groups excluding tert-OH is 1. The fourth-order valence-corrected chi connectivity index (χ4v) is 2.13. The second-order valence-electron chi connectivity index (χ2n) is 4.51. The van der Waals surface area contributed by atoms with Gasteiger partial charge >= 0.3 is 5.97 Å². The number of nitrogens with zero attached hydrogens (tertiary/aromatic N) is 2. The van der Waals surface area contributed by atoms with Crippen LogP contribution in [0.4, 0.5) is 0 Å². The Morgan fingerprint density at radius 1 is 1.48 bits per heavy atom. The number of methoxy groups -OCH3 is 1. The van der Waals surface area contributed by atoms with E-state index in [0.29, 0.717) is 0 Å². The number of rotatable bonds is 4. The van der Waals surface area contributed by atoms with Gasteiger partial charge in [-0.2, -0.15) is 0 Å². The van der Waals surface area contributed by atoms with Gasteiger partial charge in [-0.15, -0.1) is 0 Å². The van der Waals surface area contributed by atoms with E-state index in [9.17, 15) is 24.6 Å². The van der Waals surface area contributed by atoms with Crippen LogP contribution < -0.4 is 5.43 Å². The third-order valence-corrected chi connectivity index (χ3v) is 3.20. The Balaban J connectivity index is 2.55. The second kappa shape index (κ2) is 5.54. The minimum absolute atomic E-state index is 0.101. The van der Waals surface area contributed by atoms with E-state index in [1.165, 1.54) is 12.0 Å². The lowest BCUT2D eigenvalue weighted by molar-refractivity contribution is 0.0179. The molecule has 1 atom stereocenters. The summed E-state index contributed by atoms with van der Waals surface area (Å²) in [5, 5.41) is 28.7. The molecule has 1 amide bonds. The normalized spacial score (nSPS) is 17.7. The van der Waals surface area contributed by atoms with Crippen LogP contribution in [-0.4, -0.2) is 63.5 Å². The molecule has 1 aliphatic rings. The highest BCUT2D eigenvalue weighted by molar-refractivity contribution is 5.97. The first kappa shape index (κ1) is 15.0. The summed E-state index contributed by atoms with van der Waals surface area (Å²) in [5.41, 5.74) is -2.31. The molecule has 1 aliphatic heterocycles. The fraction of sp³-hybridized carbons (Fsp3) is 0.417. The third-order valence-electron chi connectivity index (χ3n) is 3.20. The molecular weight excluding hydrogens is 284 g/mol. The van der Waals surface area contributed by atoms with Gasteiger partial charge in [-0.1, -0.05) is 0 Å². The number of ether oxygens (including phenoxy) is 1. The topological polar surface area (TPSA) is 129 Å². The Bertz CT molecular complexity index is 652. The first-order valence-electron chi connectivity index (χ1n) is 6.06. The molecule has 0 aliphatic carbocycles. The van der Waals surface area contributed by atoms with Gasteiger partial charge in [0.2, 0.25) is 5.43 Å². The number of carbonyl (C=O) groups is 2. The van der Waals surface area contributed by atoms with Crippen LogP contribution in [0.5, 0.6) is 5.75 Å². The molecule has 1 aromatic rings. The molecule has 0 saturated carbocycles. The number of hydrogen-bond donors (Lipinski definition) is 3. The van der Waals surface area contributed by atoms with Crippen molar-refractivity contribution in [3.05, 3.63) is 27.7 Å². The fourth-order valence-electron chi connectivity index (χ4n) is 2.13. The first-order valence-corrected chi connectivity index (χ1v) is 6.06. The van der Waals surface area contributed by atoms with Crippen molar-refractivity contribution < 1.29 is 29.6 Å². The minimum atomic E-state index is -1.55. The van der Waals surface area contributed by atoms with Crippen LogP contribution in [0.2, 0.25) is 0 Å². The number of fused-ring (bicyclic) bond motifs is 1. The maximum Gasteiger partial charge on any atom is 0.341 e. The van der Waals surface area contributed by atoms with Crippen LogP contribution in [0.1, 0.15) is 27.1 Å². The Morgan fingerprint density at radius 3 is 2.71 bits per heavy atom. The number of β-amino-alcohol motifs (C(OH)–C–C–N with tert-alkyl or cyclic N) is 1. The summed E-state index contributed by atoms with van der Waals surface area (Å²) in [7, 11) is 1.44. The summed E-state index contributed by atoms with van der Waals surface area (Å²) >= 11 is 0. The van der Waals surface area contributed by atoms with Gasteiger partial charge in [-0.25, -0.2) is 4.79 Å². The maximum absolute atomic E-state index is 12.2. The predicted octanol–water partition coefficient (Wildman–Crippen LogP) is -1.15. The van der Waals surface area contributed by atoms with Gasteiger partial charge in [0, 0.05) is 19.9 Å². The quantitative estimate of drug-likeness (QED) is 0.639. The molecule has 0 spiro atoms. The summed E-state index contributed by atoms with van der Waals surface area (Å²) in [6.07, 6.45) is -0.408. The van der Waals surface area contributed by atoms with E-state index in [-0.39, 0.29) is 19.7 Å². The SMILES string of the molecule is COCCN1CC(O)n2cc(C(=O)O)c(=O)c(O)c2C1=O. The number of carboxylic acids is 1. The van der Waals surface area contributed by atoms with E-state index in [0.717, 1.165) is 10.8 Å². The molecule has 0 saturated heterocycles. The number of aromatic nitrogens is 1. The van der Waals surface area contributed by atoms with E-state index in [4.69, 9.17) is 9.84 Å². The molecule has 9 heteroatoms. The number of pyridine rings is 1. The summed E-state index contributed by atoms with van der Waals surface area (Å²) in [5.74, 6) is -3.21. The Labute approximate surface area is 118 Å². The van der Waals surface area contributed by atoms with Crippen molar-refractivity contribution in [1.82, 2.24) is 9.47 Å². The van der Waals surface area contributed by atoms with Crippen molar-refractivity contribution in [1.29, 1.82) is 0 Å². The maximum atomic E-state index is 12.2. The summed E-state index contributed by atoms with van der Waals surface area (Å²) in [6.45, 7) is 0.286. The van der Waals surface area contributed by atoms with Crippen molar-refractivity contribution >= 4 is 11.9 Å². The van der Waals surface area contributed by atoms with E-state index >= 15 is 0 Å². The molecule has 3 N–H and O–H groups in total. The van der Waals surface area contributed by atoms with Crippen LogP contribution in [0.15, 0.2) is 11.0 Å². The Hall–Kier alpha value is -2.39. The largest absolute Gasteiger partial charge is 0.503 e. The average molecular weight is 298 g/mol. The minimum Gasteiger partial charge on any atom is -0.503 e. The molecular formula is C12H14N2O7. The highest BCUT2D eigenvalue weighted by atomic mass is 16.5. The smallest absolute Gasteiger partial charge is 0.341 e. The van der Waals surface area contributed by atoms with Crippen LogP contribution in [0.25, 0.3) is 0 Å². The van der Waals surface area contributed by atoms with Gasteiger partial charge in [-0.05, 0) is 0 Å². The number of hydrogen-bond acceptors (Lipinski definition) is 6. The van der Waals surface area contributed by atoms with Crippen molar-refractivity contribution in [3.63, 3.8) is 0 Å². The van der Waals surface area contributed by atoms with Gasteiger partial charge in [0.15, 0.2) is 11.4 Å². The summed E-state index contributed by atoms with van der Waals surface area (Å²) in [4.78, 5) is 36.1. The number of aromatic carboxylic acids is 1. The van der Waals surface area contributed by atoms with Crippen molar-refractivity contribution in [2.45, 2.75) is 6.23 Å². The van der Waals surface area contributed by atoms with Crippen LogP contribution in [-0.2, 0) is 4.74 Å². The van der Waals surface area contributed by atoms with E-state index in [2.05, 4.69) is 0 Å². The third kappa shape index (κ3) is 2.48. The monoisotopic (exact) mass is 298 g/mol. The highest BCUT2D eigenvalue weighted by Gasteiger charge is 2.34. The van der Waals surface area contributed by atoms with Crippen LogP contribution >= 0.6 is 0 Å². The number of carboxylic acid groups (broad SMARTS) is 1. The second-order valence-corrected chi connectivity index (χ2v) is 4.51. The Kier molecular flexibility index (Phi) is 3.96. The highest BCUT2D eigenvalue weighted by Crippen LogP contribution is 2.24.